The van der Waals surface area contributed by atoms with Crippen LogP contribution in [0.4, 0.5) is 0 Å². The van der Waals surface area contributed by atoms with Crippen molar-refractivity contribution in [3.8, 4) is 11.8 Å². The van der Waals surface area contributed by atoms with Crippen molar-refractivity contribution in [2.75, 3.05) is 19.8 Å². The van der Waals surface area contributed by atoms with E-state index in [4.69, 9.17) is 14.2 Å². The lowest BCUT2D eigenvalue weighted by atomic mass is 9.74. The van der Waals surface area contributed by atoms with Crippen molar-refractivity contribution in [2.45, 2.75) is 32.7 Å². The van der Waals surface area contributed by atoms with Gasteiger partial charge in [0.25, 0.3) is 0 Å². The van der Waals surface area contributed by atoms with Gasteiger partial charge in [-0.3, -0.25) is 0 Å². The molecule has 0 spiro atoms. The molecular weight excluding hydrogens is 264 g/mol. The summed E-state index contributed by atoms with van der Waals surface area (Å²) in [5, 5.41) is 0. The minimum atomic E-state index is -1.01. The van der Waals surface area contributed by atoms with Crippen LogP contribution >= 0.6 is 0 Å². The highest BCUT2D eigenvalue weighted by molar-refractivity contribution is 5.36. The van der Waals surface area contributed by atoms with Crippen molar-refractivity contribution in [2.24, 2.45) is 10.8 Å². The highest BCUT2D eigenvalue weighted by Gasteiger charge is 2.64. The van der Waals surface area contributed by atoms with E-state index < -0.39 is 5.97 Å². The molecule has 0 radical (unpaired) electrons. The monoisotopic (exact) mass is 284 g/mol. The molecule has 0 atom stereocenters. The molecule has 1 aliphatic carbocycles. The number of benzene rings is 1. The van der Waals surface area contributed by atoms with E-state index in [2.05, 4.69) is 18.8 Å². The molecule has 4 aliphatic rings. The molecule has 2 bridgehead atoms. The minimum absolute atomic E-state index is 0.0440. The van der Waals surface area contributed by atoms with Crippen LogP contribution in [0.2, 0.25) is 0 Å². The minimum Gasteiger partial charge on any atom is -0.323 e. The van der Waals surface area contributed by atoms with Gasteiger partial charge in [-0.05, 0) is 49.4 Å². The van der Waals surface area contributed by atoms with Gasteiger partial charge < -0.3 is 14.2 Å². The van der Waals surface area contributed by atoms with Crippen molar-refractivity contribution in [1.29, 1.82) is 0 Å². The topological polar surface area (TPSA) is 27.7 Å². The molecular formula is C18H20O3. The van der Waals surface area contributed by atoms with Crippen LogP contribution < -0.4 is 0 Å². The van der Waals surface area contributed by atoms with Gasteiger partial charge in [-0.2, -0.15) is 0 Å². The van der Waals surface area contributed by atoms with Crippen molar-refractivity contribution in [3.63, 3.8) is 0 Å². The summed E-state index contributed by atoms with van der Waals surface area (Å²) in [5.74, 6) is 4.93. The predicted molar refractivity (Wildman–Crippen MR) is 78.3 cm³/mol. The molecule has 3 saturated heterocycles. The first-order chi connectivity index (χ1) is 10.1. The van der Waals surface area contributed by atoms with Crippen LogP contribution in [-0.4, -0.2) is 19.8 Å². The Kier molecular flexibility index (Phi) is 2.75. The quantitative estimate of drug-likeness (QED) is 0.781. The van der Waals surface area contributed by atoms with E-state index in [1.807, 2.05) is 31.2 Å². The molecule has 0 N–H and O–H groups in total. The number of ether oxygens (including phenoxy) is 3. The Bertz CT molecular complexity index is 592. The Morgan fingerprint density at radius 2 is 1.52 bits per heavy atom. The molecule has 5 rings (SSSR count). The molecule has 0 aromatic heterocycles. The number of hydrogen-bond donors (Lipinski definition) is 0. The van der Waals surface area contributed by atoms with Crippen molar-refractivity contribution in [3.05, 3.63) is 35.4 Å². The molecule has 3 heteroatoms. The first-order valence-corrected chi connectivity index (χ1v) is 7.57. The summed E-state index contributed by atoms with van der Waals surface area (Å²) >= 11 is 0. The van der Waals surface area contributed by atoms with Gasteiger partial charge in [-0.25, -0.2) is 0 Å². The summed E-state index contributed by atoms with van der Waals surface area (Å²) in [4.78, 5) is 0. The Labute approximate surface area is 125 Å². The molecule has 3 heterocycles. The lowest BCUT2D eigenvalue weighted by Crippen LogP contribution is -2.61. The van der Waals surface area contributed by atoms with Gasteiger partial charge >= 0.3 is 5.97 Å². The Morgan fingerprint density at radius 3 is 2.00 bits per heavy atom. The second kappa shape index (κ2) is 4.33. The van der Waals surface area contributed by atoms with E-state index >= 15 is 0 Å². The van der Waals surface area contributed by atoms with Gasteiger partial charge in [0.15, 0.2) is 0 Å². The maximum absolute atomic E-state index is 6.04. The van der Waals surface area contributed by atoms with Gasteiger partial charge in [-0.15, -0.1) is 5.92 Å². The van der Waals surface area contributed by atoms with Gasteiger partial charge in [-0.1, -0.05) is 12.8 Å². The van der Waals surface area contributed by atoms with Crippen LogP contribution in [0.1, 0.15) is 37.8 Å². The van der Waals surface area contributed by atoms with E-state index in [1.165, 1.54) is 12.8 Å². The maximum atomic E-state index is 6.04. The molecule has 0 amide bonds. The van der Waals surface area contributed by atoms with Crippen LogP contribution in [-0.2, 0) is 20.2 Å². The first-order valence-electron chi connectivity index (χ1n) is 7.57. The normalized spacial score (nSPS) is 35.9. The second-order valence-corrected chi connectivity index (χ2v) is 6.72. The van der Waals surface area contributed by atoms with E-state index in [-0.39, 0.29) is 5.41 Å². The summed E-state index contributed by atoms with van der Waals surface area (Å²) in [6, 6.07) is 7.93. The van der Waals surface area contributed by atoms with Gasteiger partial charge in [0.1, 0.15) is 0 Å². The average Bonchev–Trinajstić information content (AvgIpc) is 3.30. The molecule has 110 valence electrons. The zero-order valence-corrected chi connectivity index (χ0v) is 12.6. The lowest BCUT2D eigenvalue weighted by molar-refractivity contribution is -0.486. The second-order valence-electron chi connectivity index (χ2n) is 6.72. The van der Waals surface area contributed by atoms with Gasteiger partial charge in [0, 0.05) is 16.5 Å². The molecule has 1 aromatic carbocycles. The Hall–Kier alpha value is -1.34. The molecule has 3 nitrogen and oxygen atoms in total. The van der Waals surface area contributed by atoms with E-state index in [1.54, 1.807) is 0 Å². The largest absolute Gasteiger partial charge is 0.323 e. The summed E-state index contributed by atoms with van der Waals surface area (Å²) in [7, 11) is 0. The third-order valence-corrected chi connectivity index (χ3v) is 5.40. The highest BCUT2D eigenvalue weighted by Crippen LogP contribution is 2.63. The fourth-order valence-electron chi connectivity index (χ4n) is 3.34. The summed E-state index contributed by atoms with van der Waals surface area (Å²) in [5.41, 5.74) is 2.28. The SMILES string of the molecule is CC#Cc1ccc(C23OCC(C4(C)CC4)(CO2)CO3)cc1. The summed E-state index contributed by atoms with van der Waals surface area (Å²) in [6.45, 7) is 6.32. The van der Waals surface area contributed by atoms with Gasteiger partial charge in [0.05, 0.1) is 19.8 Å². The number of rotatable bonds is 2. The third-order valence-electron chi connectivity index (χ3n) is 5.40. The molecule has 21 heavy (non-hydrogen) atoms. The van der Waals surface area contributed by atoms with E-state index in [9.17, 15) is 0 Å². The van der Waals surface area contributed by atoms with Crippen LogP contribution in [0.3, 0.4) is 0 Å². The highest BCUT2D eigenvalue weighted by atomic mass is 16.9. The van der Waals surface area contributed by atoms with E-state index in [0.29, 0.717) is 5.41 Å². The van der Waals surface area contributed by atoms with Crippen LogP contribution in [0, 0.1) is 22.7 Å². The Morgan fingerprint density at radius 1 is 0.952 bits per heavy atom. The lowest BCUT2D eigenvalue weighted by Gasteiger charge is -2.54. The molecule has 1 aromatic rings. The van der Waals surface area contributed by atoms with Gasteiger partial charge in [0.2, 0.25) is 0 Å². The molecule has 3 aliphatic heterocycles. The van der Waals surface area contributed by atoms with Crippen molar-refractivity contribution in [1.82, 2.24) is 0 Å². The molecule has 1 saturated carbocycles. The zero-order valence-electron chi connectivity index (χ0n) is 12.6. The van der Waals surface area contributed by atoms with Crippen LogP contribution in [0.15, 0.2) is 24.3 Å². The van der Waals surface area contributed by atoms with Crippen molar-refractivity contribution >= 4 is 0 Å². The standard InChI is InChI=1S/C18H20O3/c1-3-4-14-5-7-15(8-6-14)18-19-11-17(12-20-18,13-21-18)16(2)9-10-16/h5-8H,9-13H2,1-2H3. The smallest absolute Gasteiger partial charge is 0.312 e. The van der Waals surface area contributed by atoms with Crippen LogP contribution in [0.25, 0.3) is 0 Å². The summed E-state index contributed by atoms with van der Waals surface area (Å²) < 4.78 is 18.1. The fraction of sp³-hybridized carbons (Fsp3) is 0.556. The molecule has 0 unspecified atom stereocenters. The van der Waals surface area contributed by atoms with E-state index in [0.717, 1.165) is 30.9 Å². The van der Waals surface area contributed by atoms with Crippen molar-refractivity contribution < 1.29 is 14.2 Å². The number of fused-ring (bicyclic) bond motifs is 3. The zero-order chi connectivity index (χ0) is 14.6. The summed E-state index contributed by atoms with van der Waals surface area (Å²) in [6.07, 6.45) is 2.50. The molecule has 4 fully saturated rings. The Balaban J connectivity index is 1.58. The predicted octanol–water partition coefficient (Wildman–Crippen LogP) is 3.03. The maximum Gasteiger partial charge on any atom is 0.312 e. The first kappa shape index (κ1) is 13.3. The number of hydrogen-bond acceptors (Lipinski definition) is 3. The average molecular weight is 284 g/mol. The third kappa shape index (κ3) is 1.87. The fourth-order valence-corrected chi connectivity index (χ4v) is 3.34. The van der Waals surface area contributed by atoms with Crippen LogP contribution in [0.5, 0.6) is 0 Å².